The molecule has 0 radical (unpaired) electrons. The Hall–Kier alpha value is -1.76. The van der Waals surface area contributed by atoms with Crippen LogP contribution in [-0.2, 0) is 0 Å². The van der Waals surface area contributed by atoms with Crippen LogP contribution in [0.25, 0.3) is 0 Å². The maximum atomic E-state index is 5.81. The summed E-state index contributed by atoms with van der Waals surface area (Å²) in [6.45, 7) is 0. The summed E-state index contributed by atoms with van der Waals surface area (Å²) < 4.78 is 0. The molecule has 0 fully saturated rings. The van der Waals surface area contributed by atoms with Gasteiger partial charge in [-0.2, -0.15) is 0 Å². The SMILES string of the molecule is NC1=CC=C(C2=CCC(C3C=CC=CC3)C=C2)CC1. The molecule has 3 aliphatic carbocycles. The fourth-order valence-electron chi connectivity index (χ4n) is 3.00. The minimum Gasteiger partial charge on any atom is -0.402 e. The Morgan fingerprint density at radius 1 is 0.947 bits per heavy atom. The molecule has 2 unspecified atom stereocenters. The zero-order valence-corrected chi connectivity index (χ0v) is 11.3. The zero-order valence-electron chi connectivity index (χ0n) is 11.3. The Balaban J connectivity index is 1.66. The molecular formula is C18H21N. The van der Waals surface area contributed by atoms with E-state index >= 15 is 0 Å². The van der Waals surface area contributed by atoms with E-state index in [1.165, 1.54) is 17.6 Å². The predicted octanol–water partition coefficient (Wildman–Crippen LogP) is 4.18. The van der Waals surface area contributed by atoms with Gasteiger partial charge in [-0.3, -0.25) is 0 Å². The number of hydrogen-bond donors (Lipinski definition) is 1. The van der Waals surface area contributed by atoms with Gasteiger partial charge in [-0.25, -0.2) is 0 Å². The van der Waals surface area contributed by atoms with Crippen molar-refractivity contribution >= 4 is 0 Å². The number of hydrogen-bond acceptors (Lipinski definition) is 1. The average Bonchev–Trinajstić information content (AvgIpc) is 2.49. The van der Waals surface area contributed by atoms with E-state index in [9.17, 15) is 0 Å². The van der Waals surface area contributed by atoms with Crippen LogP contribution in [0.4, 0.5) is 0 Å². The summed E-state index contributed by atoms with van der Waals surface area (Å²) in [4.78, 5) is 0. The second-order valence-corrected chi connectivity index (χ2v) is 5.56. The van der Waals surface area contributed by atoms with Crippen molar-refractivity contribution in [2.24, 2.45) is 17.6 Å². The second kappa shape index (κ2) is 5.48. The Kier molecular flexibility index (Phi) is 3.54. The summed E-state index contributed by atoms with van der Waals surface area (Å²) in [6.07, 6.45) is 24.7. The van der Waals surface area contributed by atoms with Crippen LogP contribution in [-0.4, -0.2) is 0 Å². The molecule has 2 atom stereocenters. The van der Waals surface area contributed by atoms with E-state index in [4.69, 9.17) is 5.73 Å². The maximum absolute atomic E-state index is 5.81. The largest absolute Gasteiger partial charge is 0.402 e. The molecule has 0 bridgehead atoms. The number of allylic oxidation sites excluding steroid dienone is 12. The van der Waals surface area contributed by atoms with Crippen molar-refractivity contribution in [2.45, 2.75) is 25.7 Å². The first kappa shape index (κ1) is 12.3. The summed E-state index contributed by atoms with van der Waals surface area (Å²) in [6, 6.07) is 0. The van der Waals surface area contributed by atoms with E-state index in [0.29, 0.717) is 11.8 Å². The van der Waals surface area contributed by atoms with E-state index in [0.717, 1.165) is 25.0 Å². The van der Waals surface area contributed by atoms with Crippen LogP contribution in [0.3, 0.4) is 0 Å². The molecule has 98 valence electrons. The van der Waals surface area contributed by atoms with E-state index < -0.39 is 0 Å². The standard InChI is InChI=1S/C18H21N/c19-18-12-10-17(11-13-18)16-8-6-15(7-9-16)14-4-2-1-3-5-14/h1-4,6,8-10,12,14-15H,5,7,11,13,19H2. The molecule has 3 rings (SSSR count). The molecule has 2 N–H and O–H groups in total. The maximum Gasteiger partial charge on any atom is 0.00839 e. The lowest BCUT2D eigenvalue weighted by Crippen LogP contribution is -2.13. The van der Waals surface area contributed by atoms with Crippen molar-refractivity contribution in [2.75, 3.05) is 0 Å². The van der Waals surface area contributed by atoms with Crippen LogP contribution < -0.4 is 5.73 Å². The van der Waals surface area contributed by atoms with Gasteiger partial charge in [0.05, 0.1) is 0 Å². The lowest BCUT2D eigenvalue weighted by atomic mass is 9.80. The van der Waals surface area contributed by atoms with Gasteiger partial charge in [0.15, 0.2) is 0 Å². The van der Waals surface area contributed by atoms with Gasteiger partial charge in [-0.1, -0.05) is 48.6 Å². The van der Waals surface area contributed by atoms with Gasteiger partial charge in [0.2, 0.25) is 0 Å². The summed E-state index contributed by atoms with van der Waals surface area (Å²) >= 11 is 0. The normalized spacial score (nSPS) is 29.8. The number of nitrogens with two attached hydrogens (primary N) is 1. The quantitative estimate of drug-likeness (QED) is 0.782. The summed E-state index contributed by atoms with van der Waals surface area (Å²) in [7, 11) is 0. The molecule has 0 saturated heterocycles. The first-order chi connectivity index (χ1) is 9.33. The highest BCUT2D eigenvalue weighted by atomic mass is 14.6. The number of rotatable bonds is 2. The van der Waals surface area contributed by atoms with Gasteiger partial charge >= 0.3 is 0 Å². The molecule has 3 aliphatic rings. The molecule has 19 heavy (non-hydrogen) atoms. The molecule has 0 amide bonds. The van der Waals surface area contributed by atoms with Crippen molar-refractivity contribution in [3.8, 4) is 0 Å². The van der Waals surface area contributed by atoms with Gasteiger partial charge in [-0.05, 0) is 54.7 Å². The average molecular weight is 251 g/mol. The third-order valence-corrected chi connectivity index (χ3v) is 4.25. The van der Waals surface area contributed by atoms with Gasteiger partial charge in [0.25, 0.3) is 0 Å². The van der Waals surface area contributed by atoms with E-state index in [1.807, 2.05) is 6.08 Å². The second-order valence-electron chi connectivity index (χ2n) is 5.56. The molecule has 0 aliphatic heterocycles. The minimum atomic E-state index is 0.662. The molecule has 0 heterocycles. The molecule has 0 aromatic heterocycles. The fourth-order valence-corrected chi connectivity index (χ4v) is 3.00. The van der Waals surface area contributed by atoms with E-state index in [1.54, 1.807) is 0 Å². The highest BCUT2D eigenvalue weighted by Crippen LogP contribution is 2.32. The van der Waals surface area contributed by atoms with Gasteiger partial charge in [0, 0.05) is 5.70 Å². The molecule has 0 aromatic carbocycles. The van der Waals surface area contributed by atoms with Crippen LogP contribution in [0, 0.1) is 11.8 Å². The summed E-state index contributed by atoms with van der Waals surface area (Å²) in [5.74, 6) is 1.34. The predicted molar refractivity (Wildman–Crippen MR) is 81.3 cm³/mol. The smallest absolute Gasteiger partial charge is 0.00839 e. The first-order valence-corrected chi connectivity index (χ1v) is 7.20. The monoisotopic (exact) mass is 251 g/mol. The fraction of sp³-hybridized carbons (Fsp3) is 0.333. The van der Waals surface area contributed by atoms with Crippen molar-refractivity contribution < 1.29 is 0 Å². The molecule has 1 nitrogen and oxygen atoms in total. The lowest BCUT2D eigenvalue weighted by Gasteiger charge is -2.25. The van der Waals surface area contributed by atoms with E-state index in [2.05, 4.69) is 48.6 Å². The molecule has 1 heteroatoms. The molecule has 0 spiro atoms. The van der Waals surface area contributed by atoms with Crippen LogP contribution in [0.2, 0.25) is 0 Å². The van der Waals surface area contributed by atoms with Crippen LogP contribution >= 0.6 is 0 Å². The summed E-state index contributed by atoms with van der Waals surface area (Å²) in [5.41, 5.74) is 9.64. The Labute approximate surface area is 115 Å². The molecular weight excluding hydrogens is 230 g/mol. The highest BCUT2D eigenvalue weighted by molar-refractivity contribution is 5.45. The van der Waals surface area contributed by atoms with Crippen molar-refractivity contribution in [1.29, 1.82) is 0 Å². The third-order valence-electron chi connectivity index (χ3n) is 4.25. The topological polar surface area (TPSA) is 26.0 Å². The van der Waals surface area contributed by atoms with Gasteiger partial charge in [-0.15, -0.1) is 0 Å². The molecule has 0 saturated carbocycles. The van der Waals surface area contributed by atoms with Crippen LogP contribution in [0.5, 0.6) is 0 Å². The summed E-state index contributed by atoms with van der Waals surface area (Å²) in [5, 5.41) is 0. The zero-order chi connectivity index (χ0) is 13.1. The van der Waals surface area contributed by atoms with Crippen molar-refractivity contribution in [1.82, 2.24) is 0 Å². The Morgan fingerprint density at radius 2 is 1.84 bits per heavy atom. The third kappa shape index (κ3) is 2.81. The van der Waals surface area contributed by atoms with Crippen molar-refractivity contribution in [3.05, 3.63) is 71.5 Å². The van der Waals surface area contributed by atoms with Crippen molar-refractivity contribution in [3.63, 3.8) is 0 Å². The van der Waals surface area contributed by atoms with Gasteiger partial charge < -0.3 is 5.73 Å². The minimum absolute atomic E-state index is 0.662. The Bertz CT molecular complexity index is 526. The van der Waals surface area contributed by atoms with E-state index in [-0.39, 0.29) is 0 Å². The van der Waals surface area contributed by atoms with Gasteiger partial charge in [0.1, 0.15) is 0 Å². The molecule has 0 aromatic rings. The van der Waals surface area contributed by atoms with Crippen LogP contribution in [0.1, 0.15) is 25.7 Å². The lowest BCUT2D eigenvalue weighted by molar-refractivity contribution is 0.476. The first-order valence-electron chi connectivity index (χ1n) is 7.20. The highest BCUT2D eigenvalue weighted by Gasteiger charge is 2.19. The van der Waals surface area contributed by atoms with Crippen LogP contribution in [0.15, 0.2) is 71.5 Å². The Morgan fingerprint density at radius 3 is 2.47 bits per heavy atom.